The van der Waals surface area contributed by atoms with Crippen LogP contribution < -0.4 is 5.56 Å². The molecule has 2 aliphatic rings. The number of aliphatic hydroxyl groups is 1. The summed E-state index contributed by atoms with van der Waals surface area (Å²) in [5, 5.41) is 11.9. The highest BCUT2D eigenvalue weighted by atomic mass is 16.3. The van der Waals surface area contributed by atoms with Crippen molar-refractivity contribution in [2.24, 2.45) is 5.92 Å². The second kappa shape index (κ2) is 10.7. The molecule has 2 aliphatic heterocycles. The van der Waals surface area contributed by atoms with E-state index in [1.165, 1.54) is 16.5 Å². The molecule has 0 aliphatic carbocycles. The van der Waals surface area contributed by atoms with Crippen molar-refractivity contribution in [3.05, 3.63) is 89.4 Å². The summed E-state index contributed by atoms with van der Waals surface area (Å²) in [6, 6.07) is 15.6. The van der Waals surface area contributed by atoms with Gasteiger partial charge in [0.05, 0.1) is 17.5 Å². The molecule has 0 radical (unpaired) electrons. The summed E-state index contributed by atoms with van der Waals surface area (Å²) in [4.78, 5) is 39.4. The minimum absolute atomic E-state index is 0.0350. The molecule has 0 bridgehead atoms. The minimum atomic E-state index is -1.05. The Kier molecular flexibility index (Phi) is 7.01. The first-order chi connectivity index (χ1) is 19.0. The van der Waals surface area contributed by atoms with Crippen LogP contribution >= 0.6 is 0 Å². The minimum Gasteiger partial charge on any atom is -0.388 e. The van der Waals surface area contributed by atoms with Crippen molar-refractivity contribution in [2.45, 2.75) is 44.4 Å². The van der Waals surface area contributed by atoms with Gasteiger partial charge in [-0.2, -0.15) is 0 Å². The van der Waals surface area contributed by atoms with E-state index < -0.39 is 5.60 Å². The summed E-state index contributed by atoms with van der Waals surface area (Å²) >= 11 is 0. The second-order valence-corrected chi connectivity index (χ2v) is 10.9. The van der Waals surface area contributed by atoms with E-state index in [9.17, 15) is 14.7 Å². The fourth-order valence-electron chi connectivity index (χ4n) is 5.92. The Bertz CT molecular complexity index is 1480. The molecule has 9 nitrogen and oxygen atoms in total. The zero-order chi connectivity index (χ0) is 26.8. The van der Waals surface area contributed by atoms with E-state index in [-0.39, 0.29) is 23.9 Å². The molecule has 0 spiro atoms. The molecule has 3 aromatic heterocycles. The second-order valence-electron chi connectivity index (χ2n) is 10.9. The lowest BCUT2D eigenvalue weighted by Crippen LogP contribution is -2.51. The SMILES string of the molecule is O=C(C1CCN(Cc2ccncc2)CC1)N1CCC(O)(Cn2cnc3c(ccn3-c3ccccc3)c2=O)CC1. The Labute approximate surface area is 227 Å². The van der Waals surface area contributed by atoms with E-state index in [1.54, 1.807) is 6.07 Å². The van der Waals surface area contributed by atoms with E-state index >= 15 is 0 Å². The smallest absolute Gasteiger partial charge is 0.262 e. The average Bonchev–Trinajstić information content (AvgIpc) is 3.41. The van der Waals surface area contributed by atoms with Crippen molar-refractivity contribution in [3.63, 3.8) is 0 Å². The number of amides is 1. The average molecular weight is 527 g/mol. The molecule has 0 atom stereocenters. The van der Waals surface area contributed by atoms with Gasteiger partial charge in [-0.1, -0.05) is 18.2 Å². The van der Waals surface area contributed by atoms with Crippen molar-refractivity contribution in [2.75, 3.05) is 26.2 Å². The Morgan fingerprint density at radius 1 is 0.974 bits per heavy atom. The van der Waals surface area contributed by atoms with E-state index in [2.05, 4.69) is 14.9 Å². The normalized spacial score (nSPS) is 18.4. The maximum absolute atomic E-state index is 13.3. The Balaban J connectivity index is 1.05. The molecule has 1 aromatic carbocycles. The topological polar surface area (TPSA) is 96.5 Å². The summed E-state index contributed by atoms with van der Waals surface area (Å²) < 4.78 is 3.40. The molecule has 0 unspecified atom stereocenters. The summed E-state index contributed by atoms with van der Waals surface area (Å²) in [6.07, 6.45) is 9.60. The van der Waals surface area contributed by atoms with Gasteiger partial charge in [0.25, 0.3) is 5.56 Å². The van der Waals surface area contributed by atoms with Gasteiger partial charge in [-0.15, -0.1) is 0 Å². The van der Waals surface area contributed by atoms with Gasteiger partial charge in [-0.05, 0) is 74.7 Å². The monoisotopic (exact) mass is 526 g/mol. The van der Waals surface area contributed by atoms with Crippen LogP contribution in [-0.4, -0.2) is 71.7 Å². The first kappa shape index (κ1) is 25.5. The molecule has 5 heterocycles. The maximum atomic E-state index is 13.3. The molecule has 1 N–H and O–H groups in total. The van der Waals surface area contributed by atoms with Crippen molar-refractivity contribution in [3.8, 4) is 5.69 Å². The molecule has 1 amide bonds. The fraction of sp³-hybridized carbons (Fsp3) is 0.400. The van der Waals surface area contributed by atoms with Gasteiger partial charge in [-0.3, -0.25) is 24.0 Å². The van der Waals surface area contributed by atoms with Crippen molar-refractivity contribution >= 4 is 16.9 Å². The van der Waals surface area contributed by atoms with Gasteiger partial charge in [0.2, 0.25) is 5.91 Å². The van der Waals surface area contributed by atoms with Gasteiger partial charge in [0.1, 0.15) is 6.33 Å². The van der Waals surface area contributed by atoms with Crippen LogP contribution in [0.5, 0.6) is 0 Å². The molecule has 4 aromatic rings. The number of para-hydroxylation sites is 1. The van der Waals surface area contributed by atoms with Crippen LogP contribution in [0.4, 0.5) is 0 Å². The summed E-state index contributed by atoms with van der Waals surface area (Å²) in [5.74, 6) is 0.232. The predicted molar refractivity (Wildman–Crippen MR) is 148 cm³/mol. The number of hydrogen-bond donors (Lipinski definition) is 1. The standard InChI is InChI=1S/C30H34N6O3/c37-28(24-8-15-33(16-9-24)20-23-6-13-31-14-7-23)34-18-11-30(39,12-19-34)21-35-22-32-27-26(29(35)38)10-17-36(27)25-4-2-1-3-5-25/h1-7,10,13-14,17,22,24,39H,8-9,11-12,15-16,18-21H2. The number of nitrogens with zero attached hydrogens (tertiary/aromatic N) is 6. The summed E-state index contributed by atoms with van der Waals surface area (Å²) in [7, 11) is 0. The highest BCUT2D eigenvalue weighted by Crippen LogP contribution is 2.28. The molecule has 2 fully saturated rings. The summed E-state index contributed by atoms with van der Waals surface area (Å²) in [5.41, 5.74) is 1.56. The van der Waals surface area contributed by atoms with E-state index in [1.807, 2.05) is 70.5 Å². The molecule has 0 saturated carbocycles. The zero-order valence-electron chi connectivity index (χ0n) is 22.0. The quantitative estimate of drug-likeness (QED) is 0.415. The number of aromatic nitrogens is 4. The molecule has 6 rings (SSSR count). The molecular weight excluding hydrogens is 492 g/mol. The first-order valence-corrected chi connectivity index (χ1v) is 13.7. The molecule has 202 valence electrons. The lowest BCUT2D eigenvalue weighted by atomic mass is 9.89. The largest absolute Gasteiger partial charge is 0.388 e. The Hall–Kier alpha value is -3.82. The molecular formula is C30H34N6O3. The number of rotatable bonds is 6. The third-order valence-electron chi connectivity index (χ3n) is 8.27. The van der Waals surface area contributed by atoms with Crippen molar-refractivity contribution in [1.82, 2.24) is 28.9 Å². The van der Waals surface area contributed by atoms with Crippen LogP contribution in [0.25, 0.3) is 16.7 Å². The van der Waals surface area contributed by atoms with Crippen LogP contribution in [0, 0.1) is 5.92 Å². The number of carbonyl (C=O) groups is 1. The summed E-state index contributed by atoms with van der Waals surface area (Å²) in [6.45, 7) is 3.86. The van der Waals surface area contributed by atoms with Crippen LogP contribution in [0.3, 0.4) is 0 Å². The number of likely N-dealkylation sites (tertiary alicyclic amines) is 2. The van der Waals surface area contributed by atoms with Crippen LogP contribution in [0.15, 0.2) is 78.2 Å². The van der Waals surface area contributed by atoms with Gasteiger partial charge in [0.15, 0.2) is 5.65 Å². The van der Waals surface area contributed by atoms with E-state index in [0.717, 1.165) is 38.2 Å². The Morgan fingerprint density at radius 2 is 1.69 bits per heavy atom. The highest BCUT2D eigenvalue weighted by Gasteiger charge is 2.37. The Morgan fingerprint density at radius 3 is 2.41 bits per heavy atom. The van der Waals surface area contributed by atoms with Crippen molar-refractivity contribution in [1.29, 1.82) is 0 Å². The molecule has 2 saturated heterocycles. The van der Waals surface area contributed by atoms with Crippen LogP contribution in [-0.2, 0) is 17.9 Å². The fourth-order valence-corrected chi connectivity index (χ4v) is 5.92. The van der Waals surface area contributed by atoms with Gasteiger partial charge in [0, 0.05) is 49.8 Å². The number of pyridine rings is 1. The number of piperidine rings is 2. The molecule has 39 heavy (non-hydrogen) atoms. The predicted octanol–water partition coefficient (Wildman–Crippen LogP) is 2.85. The van der Waals surface area contributed by atoms with Gasteiger partial charge in [-0.25, -0.2) is 4.98 Å². The number of carbonyl (C=O) groups excluding carboxylic acids is 1. The van der Waals surface area contributed by atoms with Gasteiger partial charge >= 0.3 is 0 Å². The van der Waals surface area contributed by atoms with Gasteiger partial charge < -0.3 is 14.6 Å². The number of fused-ring (bicyclic) bond motifs is 1. The van der Waals surface area contributed by atoms with Crippen molar-refractivity contribution < 1.29 is 9.90 Å². The zero-order valence-corrected chi connectivity index (χ0v) is 22.0. The molecule has 9 heteroatoms. The highest BCUT2D eigenvalue weighted by molar-refractivity contribution is 5.79. The van der Waals surface area contributed by atoms with Crippen LogP contribution in [0.1, 0.15) is 31.2 Å². The van der Waals surface area contributed by atoms with E-state index in [4.69, 9.17) is 0 Å². The number of hydrogen-bond acceptors (Lipinski definition) is 6. The third-order valence-corrected chi connectivity index (χ3v) is 8.27. The maximum Gasteiger partial charge on any atom is 0.262 e. The van der Waals surface area contributed by atoms with Crippen LogP contribution in [0.2, 0.25) is 0 Å². The number of benzene rings is 1. The lowest BCUT2D eigenvalue weighted by Gasteiger charge is -2.40. The van der Waals surface area contributed by atoms with E-state index in [0.29, 0.717) is 37.0 Å². The first-order valence-electron chi connectivity index (χ1n) is 13.7. The third kappa shape index (κ3) is 5.37. The lowest BCUT2D eigenvalue weighted by molar-refractivity contribution is -0.141.